The summed E-state index contributed by atoms with van der Waals surface area (Å²) in [7, 11) is 0. The first-order valence-electron chi connectivity index (χ1n) is 6.37. The summed E-state index contributed by atoms with van der Waals surface area (Å²) >= 11 is 0. The maximum Gasteiger partial charge on any atom is 0.232 e. The van der Waals surface area contributed by atoms with E-state index in [1.807, 2.05) is 24.3 Å². The molecule has 2 aromatic rings. The molecular formula is C16H16N2O2. The number of benzene rings is 2. The molecule has 0 saturated carbocycles. The van der Waals surface area contributed by atoms with E-state index in [9.17, 15) is 9.59 Å². The molecule has 0 aliphatic heterocycles. The van der Waals surface area contributed by atoms with Gasteiger partial charge in [-0.3, -0.25) is 9.59 Å². The number of hydrogen-bond acceptors (Lipinski definition) is 3. The van der Waals surface area contributed by atoms with Crippen molar-refractivity contribution in [1.82, 2.24) is 0 Å². The van der Waals surface area contributed by atoms with Gasteiger partial charge < -0.3 is 11.1 Å². The van der Waals surface area contributed by atoms with E-state index in [0.717, 1.165) is 5.56 Å². The van der Waals surface area contributed by atoms with Crippen LogP contribution in [0.5, 0.6) is 0 Å². The van der Waals surface area contributed by atoms with Crippen LogP contribution >= 0.6 is 0 Å². The molecule has 102 valence electrons. The third-order valence-electron chi connectivity index (χ3n) is 2.93. The van der Waals surface area contributed by atoms with E-state index in [4.69, 9.17) is 5.73 Å². The van der Waals surface area contributed by atoms with Gasteiger partial charge in [-0.2, -0.15) is 0 Å². The fourth-order valence-corrected chi connectivity index (χ4v) is 1.89. The van der Waals surface area contributed by atoms with Gasteiger partial charge in [0.2, 0.25) is 5.91 Å². The smallest absolute Gasteiger partial charge is 0.232 e. The Labute approximate surface area is 117 Å². The molecular weight excluding hydrogens is 252 g/mol. The van der Waals surface area contributed by atoms with Crippen molar-refractivity contribution in [2.24, 2.45) is 5.73 Å². The average Bonchev–Trinajstić information content (AvgIpc) is 2.48. The minimum atomic E-state index is -0.334. The molecule has 0 unspecified atom stereocenters. The van der Waals surface area contributed by atoms with Gasteiger partial charge in [-0.1, -0.05) is 48.5 Å². The van der Waals surface area contributed by atoms with Crippen molar-refractivity contribution in [3.63, 3.8) is 0 Å². The standard InChI is InChI=1S/C16H16N2O2/c17-11-13-8-4-5-9-14(13)18-16(20)10-15(19)12-6-2-1-3-7-12/h1-9H,10-11,17H2,(H,18,20). The molecule has 0 heterocycles. The van der Waals surface area contributed by atoms with Crippen LogP contribution in [0.1, 0.15) is 22.3 Å². The maximum atomic E-state index is 11.9. The lowest BCUT2D eigenvalue weighted by molar-refractivity contribution is -0.115. The number of rotatable bonds is 5. The molecule has 0 radical (unpaired) electrons. The van der Waals surface area contributed by atoms with Crippen LogP contribution in [0.25, 0.3) is 0 Å². The molecule has 0 aromatic heterocycles. The number of carbonyl (C=O) groups is 2. The molecule has 4 heteroatoms. The maximum absolute atomic E-state index is 11.9. The molecule has 1 amide bonds. The van der Waals surface area contributed by atoms with Crippen LogP contribution in [0.15, 0.2) is 54.6 Å². The van der Waals surface area contributed by atoms with Crippen LogP contribution < -0.4 is 11.1 Å². The minimum absolute atomic E-state index is 0.178. The lowest BCUT2D eigenvalue weighted by atomic mass is 10.1. The summed E-state index contributed by atoms with van der Waals surface area (Å²) in [5.41, 5.74) is 7.63. The first-order chi connectivity index (χ1) is 9.70. The number of nitrogens with two attached hydrogens (primary N) is 1. The predicted molar refractivity (Wildman–Crippen MR) is 78.4 cm³/mol. The van der Waals surface area contributed by atoms with E-state index in [1.54, 1.807) is 30.3 Å². The SMILES string of the molecule is NCc1ccccc1NC(=O)CC(=O)c1ccccc1. The zero-order chi connectivity index (χ0) is 14.4. The zero-order valence-corrected chi connectivity index (χ0v) is 11.0. The Balaban J connectivity index is 2.01. The molecule has 0 spiro atoms. The molecule has 0 bridgehead atoms. The Kier molecular flexibility index (Phi) is 4.63. The molecule has 2 aromatic carbocycles. The van der Waals surface area contributed by atoms with Crippen molar-refractivity contribution in [2.75, 3.05) is 5.32 Å². The predicted octanol–water partition coefficient (Wildman–Crippen LogP) is 2.36. The second-order valence-electron chi connectivity index (χ2n) is 4.38. The van der Waals surface area contributed by atoms with Gasteiger partial charge in [0.1, 0.15) is 0 Å². The summed E-state index contributed by atoms with van der Waals surface area (Å²) in [6.45, 7) is 0.336. The van der Waals surface area contributed by atoms with Gasteiger partial charge in [-0.25, -0.2) is 0 Å². The van der Waals surface area contributed by atoms with E-state index in [0.29, 0.717) is 17.8 Å². The fourth-order valence-electron chi connectivity index (χ4n) is 1.89. The number of nitrogens with one attached hydrogen (secondary N) is 1. The Morgan fingerprint density at radius 2 is 1.60 bits per heavy atom. The first-order valence-corrected chi connectivity index (χ1v) is 6.37. The normalized spacial score (nSPS) is 10.1. The first kappa shape index (κ1) is 14.0. The van der Waals surface area contributed by atoms with Gasteiger partial charge in [-0.15, -0.1) is 0 Å². The second kappa shape index (κ2) is 6.63. The zero-order valence-electron chi connectivity index (χ0n) is 11.0. The topological polar surface area (TPSA) is 72.2 Å². The summed E-state index contributed by atoms with van der Waals surface area (Å²) in [5.74, 6) is -0.534. The van der Waals surface area contributed by atoms with Crippen LogP contribution in [0.2, 0.25) is 0 Å². The number of carbonyl (C=O) groups excluding carboxylic acids is 2. The van der Waals surface area contributed by atoms with E-state index in [2.05, 4.69) is 5.32 Å². The molecule has 3 N–H and O–H groups in total. The highest BCUT2D eigenvalue weighted by Gasteiger charge is 2.12. The van der Waals surface area contributed by atoms with Gasteiger partial charge in [0, 0.05) is 17.8 Å². The summed E-state index contributed by atoms with van der Waals surface area (Å²) in [6, 6.07) is 16.0. The lowest BCUT2D eigenvalue weighted by Gasteiger charge is -2.09. The van der Waals surface area contributed by atoms with Crippen molar-refractivity contribution in [1.29, 1.82) is 0 Å². The third kappa shape index (κ3) is 3.52. The highest BCUT2D eigenvalue weighted by molar-refractivity contribution is 6.11. The van der Waals surface area contributed by atoms with Gasteiger partial charge in [0.15, 0.2) is 5.78 Å². The number of para-hydroxylation sites is 1. The molecule has 0 aliphatic rings. The van der Waals surface area contributed by atoms with Crippen molar-refractivity contribution >= 4 is 17.4 Å². The van der Waals surface area contributed by atoms with Crippen LogP contribution in [0.4, 0.5) is 5.69 Å². The highest BCUT2D eigenvalue weighted by atomic mass is 16.2. The van der Waals surface area contributed by atoms with Gasteiger partial charge >= 0.3 is 0 Å². The number of Topliss-reactive ketones (excluding diaryl/α,β-unsaturated/α-hetero) is 1. The molecule has 2 rings (SSSR count). The van der Waals surface area contributed by atoms with Gasteiger partial charge in [0.05, 0.1) is 6.42 Å². The Morgan fingerprint density at radius 3 is 2.30 bits per heavy atom. The van der Waals surface area contributed by atoms with Crippen LogP contribution in [-0.4, -0.2) is 11.7 Å². The van der Waals surface area contributed by atoms with E-state index < -0.39 is 0 Å². The van der Waals surface area contributed by atoms with E-state index in [1.165, 1.54) is 0 Å². The fraction of sp³-hybridized carbons (Fsp3) is 0.125. The van der Waals surface area contributed by atoms with Crippen LogP contribution in [0.3, 0.4) is 0 Å². The number of ketones is 1. The average molecular weight is 268 g/mol. The number of hydrogen-bond donors (Lipinski definition) is 2. The van der Waals surface area contributed by atoms with Gasteiger partial charge in [0.25, 0.3) is 0 Å². The summed E-state index contributed by atoms with van der Waals surface area (Å²) in [6.07, 6.45) is -0.178. The molecule has 0 saturated heterocycles. The van der Waals surface area contributed by atoms with Crippen LogP contribution in [-0.2, 0) is 11.3 Å². The Morgan fingerprint density at radius 1 is 0.950 bits per heavy atom. The second-order valence-corrected chi connectivity index (χ2v) is 4.38. The number of amides is 1. The Hall–Kier alpha value is -2.46. The molecule has 0 aliphatic carbocycles. The van der Waals surface area contributed by atoms with Crippen molar-refractivity contribution in [3.05, 3.63) is 65.7 Å². The highest BCUT2D eigenvalue weighted by Crippen LogP contribution is 2.14. The summed E-state index contributed by atoms with van der Waals surface area (Å²) < 4.78 is 0. The quantitative estimate of drug-likeness (QED) is 0.646. The van der Waals surface area contributed by atoms with Crippen molar-refractivity contribution < 1.29 is 9.59 Å². The third-order valence-corrected chi connectivity index (χ3v) is 2.93. The molecule has 0 fully saturated rings. The molecule has 20 heavy (non-hydrogen) atoms. The van der Waals surface area contributed by atoms with Crippen molar-refractivity contribution in [2.45, 2.75) is 13.0 Å². The minimum Gasteiger partial charge on any atom is -0.326 e. The largest absolute Gasteiger partial charge is 0.326 e. The molecule has 4 nitrogen and oxygen atoms in total. The van der Waals surface area contributed by atoms with E-state index in [-0.39, 0.29) is 18.1 Å². The molecule has 0 atom stereocenters. The van der Waals surface area contributed by atoms with Crippen molar-refractivity contribution in [3.8, 4) is 0 Å². The van der Waals surface area contributed by atoms with E-state index >= 15 is 0 Å². The van der Waals surface area contributed by atoms with Gasteiger partial charge in [-0.05, 0) is 11.6 Å². The monoisotopic (exact) mass is 268 g/mol. The lowest BCUT2D eigenvalue weighted by Crippen LogP contribution is -2.18. The summed E-state index contributed by atoms with van der Waals surface area (Å²) in [4.78, 5) is 23.8. The number of anilines is 1. The van der Waals surface area contributed by atoms with Crippen LogP contribution in [0, 0.1) is 0 Å². The Bertz CT molecular complexity index is 609. The summed E-state index contributed by atoms with van der Waals surface area (Å²) in [5, 5.41) is 2.72.